The molecule has 0 saturated heterocycles. The number of rotatable bonds is 6. The smallest absolute Gasteiger partial charge is 0.270 e. The first-order chi connectivity index (χ1) is 12.6. The van der Waals surface area contributed by atoms with Gasteiger partial charge in [0.1, 0.15) is 5.69 Å². The van der Waals surface area contributed by atoms with Crippen molar-refractivity contribution in [2.45, 2.75) is 39.2 Å². The Morgan fingerprint density at radius 3 is 3.00 bits per heavy atom. The van der Waals surface area contributed by atoms with Crippen LogP contribution in [-0.2, 0) is 0 Å². The van der Waals surface area contributed by atoms with Crippen molar-refractivity contribution in [2.24, 2.45) is 5.92 Å². The summed E-state index contributed by atoms with van der Waals surface area (Å²) < 4.78 is 10.9. The molecule has 26 heavy (non-hydrogen) atoms. The lowest BCUT2D eigenvalue weighted by Crippen LogP contribution is -2.34. The van der Waals surface area contributed by atoms with E-state index < -0.39 is 0 Å². The molecule has 0 bridgehead atoms. The Morgan fingerprint density at radius 2 is 2.19 bits per heavy atom. The Balaban J connectivity index is 1.50. The maximum Gasteiger partial charge on any atom is 0.270 e. The summed E-state index contributed by atoms with van der Waals surface area (Å²) in [7, 11) is 0. The number of amides is 1. The molecule has 2 heterocycles. The number of hydrogen-bond acceptors (Lipinski definition) is 6. The van der Waals surface area contributed by atoms with Crippen molar-refractivity contribution in [3.8, 4) is 11.5 Å². The zero-order valence-electron chi connectivity index (χ0n) is 14.9. The third-order valence-corrected chi connectivity index (χ3v) is 4.59. The molecule has 1 aliphatic heterocycles. The van der Waals surface area contributed by atoms with E-state index in [9.17, 15) is 4.79 Å². The van der Waals surface area contributed by atoms with Crippen LogP contribution in [0.15, 0.2) is 24.4 Å². The first kappa shape index (κ1) is 16.6. The highest BCUT2D eigenvalue weighted by Crippen LogP contribution is 2.39. The van der Waals surface area contributed by atoms with Crippen molar-refractivity contribution in [1.82, 2.24) is 15.3 Å². The van der Waals surface area contributed by atoms with Crippen LogP contribution in [0.4, 0.5) is 11.6 Å². The van der Waals surface area contributed by atoms with E-state index in [1.54, 1.807) is 6.20 Å². The molecule has 7 heteroatoms. The van der Waals surface area contributed by atoms with Gasteiger partial charge in [0, 0.05) is 12.2 Å². The van der Waals surface area contributed by atoms with Crippen molar-refractivity contribution in [3.05, 3.63) is 35.7 Å². The summed E-state index contributed by atoms with van der Waals surface area (Å²) in [6.07, 6.45) is 5.22. The van der Waals surface area contributed by atoms with Gasteiger partial charge in [0.2, 0.25) is 12.7 Å². The number of nitrogens with zero attached hydrogens (tertiary/aromatic N) is 2. The summed E-state index contributed by atoms with van der Waals surface area (Å²) in [5, 5.41) is 6.15. The predicted molar refractivity (Wildman–Crippen MR) is 96.9 cm³/mol. The summed E-state index contributed by atoms with van der Waals surface area (Å²) in [5.74, 6) is 2.24. The van der Waals surface area contributed by atoms with Gasteiger partial charge in [0.15, 0.2) is 11.5 Å². The van der Waals surface area contributed by atoms with E-state index in [1.807, 2.05) is 32.0 Å². The first-order valence-corrected chi connectivity index (χ1v) is 8.90. The van der Waals surface area contributed by atoms with Gasteiger partial charge < -0.3 is 20.1 Å². The molecule has 1 fully saturated rings. The fourth-order valence-corrected chi connectivity index (χ4v) is 3.09. The molecule has 2 N–H and O–H groups in total. The predicted octanol–water partition coefficient (Wildman–Crippen LogP) is 3.18. The molecule has 1 amide bonds. The van der Waals surface area contributed by atoms with Gasteiger partial charge in [0.25, 0.3) is 5.91 Å². The van der Waals surface area contributed by atoms with Gasteiger partial charge in [-0.15, -0.1) is 0 Å². The van der Waals surface area contributed by atoms with Crippen LogP contribution in [0, 0.1) is 12.8 Å². The standard InChI is InChI=1S/C19H22N4O3/c1-11-9-20-19(22-14-4-3-5-15-17(14)26-10-25-15)23-16(11)18(24)21-12(2)8-13-6-7-13/h3-5,9,12-13H,6-8,10H2,1-2H3,(H,21,24)(H,20,22,23). The summed E-state index contributed by atoms with van der Waals surface area (Å²) in [5.41, 5.74) is 1.83. The molecule has 2 aliphatic rings. The van der Waals surface area contributed by atoms with Crippen molar-refractivity contribution in [1.29, 1.82) is 0 Å². The van der Waals surface area contributed by atoms with Gasteiger partial charge in [-0.2, -0.15) is 0 Å². The quantitative estimate of drug-likeness (QED) is 0.829. The highest BCUT2D eigenvalue weighted by molar-refractivity contribution is 5.94. The number of aryl methyl sites for hydroxylation is 1. The molecule has 1 saturated carbocycles. The third-order valence-electron chi connectivity index (χ3n) is 4.59. The van der Waals surface area contributed by atoms with Crippen LogP contribution in [0.5, 0.6) is 11.5 Å². The minimum Gasteiger partial charge on any atom is -0.454 e. The van der Waals surface area contributed by atoms with Crippen molar-refractivity contribution in [3.63, 3.8) is 0 Å². The highest BCUT2D eigenvalue weighted by Gasteiger charge is 2.25. The fraction of sp³-hybridized carbons (Fsp3) is 0.421. The molecule has 0 spiro atoms. The van der Waals surface area contributed by atoms with E-state index in [0.717, 1.165) is 17.9 Å². The minimum atomic E-state index is -0.168. The Labute approximate surface area is 152 Å². The lowest BCUT2D eigenvalue weighted by atomic mass is 10.1. The van der Waals surface area contributed by atoms with Crippen LogP contribution < -0.4 is 20.1 Å². The molecule has 136 valence electrons. The summed E-state index contributed by atoms with van der Waals surface area (Å²) >= 11 is 0. The molecule has 1 aromatic carbocycles. The van der Waals surface area contributed by atoms with E-state index in [-0.39, 0.29) is 18.7 Å². The molecule has 2 aromatic rings. The average Bonchev–Trinajstić information content (AvgIpc) is 3.28. The third kappa shape index (κ3) is 3.56. The highest BCUT2D eigenvalue weighted by atomic mass is 16.7. The number of fused-ring (bicyclic) bond motifs is 1. The largest absolute Gasteiger partial charge is 0.454 e. The van der Waals surface area contributed by atoms with Gasteiger partial charge in [-0.3, -0.25) is 4.79 Å². The Kier molecular flexibility index (Phi) is 4.36. The van der Waals surface area contributed by atoms with Gasteiger partial charge >= 0.3 is 0 Å². The van der Waals surface area contributed by atoms with Crippen molar-refractivity contribution >= 4 is 17.5 Å². The topological polar surface area (TPSA) is 85.4 Å². The normalized spacial score (nSPS) is 16.2. The lowest BCUT2D eigenvalue weighted by molar-refractivity contribution is 0.0931. The zero-order valence-corrected chi connectivity index (χ0v) is 14.9. The molecule has 4 rings (SSSR count). The molecule has 1 atom stereocenters. The number of aromatic nitrogens is 2. The van der Waals surface area contributed by atoms with Gasteiger partial charge in [0.05, 0.1) is 5.69 Å². The van der Waals surface area contributed by atoms with Gasteiger partial charge in [-0.05, 0) is 43.9 Å². The minimum absolute atomic E-state index is 0.142. The second kappa shape index (κ2) is 6.82. The second-order valence-corrected chi connectivity index (χ2v) is 6.94. The maximum absolute atomic E-state index is 12.6. The van der Waals surface area contributed by atoms with Crippen LogP contribution in [0.2, 0.25) is 0 Å². The Bertz CT molecular complexity index is 836. The summed E-state index contributed by atoms with van der Waals surface area (Å²) in [6, 6.07) is 5.69. The zero-order chi connectivity index (χ0) is 18.1. The van der Waals surface area contributed by atoms with Crippen molar-refractivity contribution in [2.75, 3.05) is 12.1 Å². The number of carbonyl (C=O) groups is 1. The van der Waals surface area contributed by atoms with Gasteiger partial charge in [-0.25, -0.2) is 9.97 Å². The second-order valence-electron chi connectivity index (χ2n) is 6.94. The van der Waals surface area contributed by atoms with E-state index in [2.05, 4.69) is 20.6 Å². The molecule has 1 aromatic heterocycles. The molecule has 7 nitrogen and oxygen atoms in total. The summed E-state index contributed by atoms with van der Waals surface area (Å²) in [6.45, 7) is 4.06. The van der Waals surface area contributed by atoms with E-state index >= 15 is 0 Å². The first-order valence-electron chi connectivity index (χ1n) is 8.90. The number of para-hydroxylation sites is 1. The molecular weight excluding hydrogens is 332 g/mol. The number of hydrogen-bond donors (Lipinski definition) is 2. The van der Waals surface area contributed by atoms with Crippen LogP contribution in [-0.4, -0.2) is 28.7 Å². The van der Waals surface area contributed by atoms with Gasteiger partial charge in [-0.1, -0.05) is 18.9 Å². The van der Waals surface area contributed by atoms with Crippen LogP contribution in [0.3, 0.4) is 0 Å². The Hall–Kier alpha value is -2.83. The number of benzene rings is 1. The monoisotopic (exact) mass is 354 g/mol. The summed E-state index contributed by atoms with van der Waals surface area (Å²) in [4.78, 5) is 21.3. The molecule has 1 unspecified atom stereocenters. The van der Waals surface area contributed by atoms with E-state index in [4.69, 9.17) is 9.47 Å². The lowest BCUT2D eigenvalue weighted by Gasteiger charge is -2.15. The average molecular weight is 354 g/mol. The Morgan fingerprint density at radius 1 is 1.35 bits per heavy atom. The molecule has 0 radical (unpaired) electrons. The van der Waals surface area contributed by atoms with Crippen LogP contribution in [0.1, 0.15) is 42.2 Å². The number of ether oxygens (including phenoxy) is 2. The maximum atomic E-state index is 12.6. The number of carbonyl (C=O) groups excluding carboxylic acids is 1. The SMILES string of the molecule is Cc1cnc(Nc2cccc3c2OCO3)nc1C(=O)NC(C)CC1CC1. The molecular formula is C19H22N4O3. The van der Waals surface area contributed by atoms with E-state index in [0.29, 0.717) is 28.8 Å². The van der Waals surface area contributed by atoms with Crippen LogP contribution in [0.25, 0.3) is 0 Å². The van der Waals surface area contributed by atoms with Crippen molar-refractivity contribution < 1.29 is 14.3 Å². The fourth-order valence-electron chi connectivity index (χ4n) is 3.09. The van der Waals surface area contributed by atoms with E-state index in [1.165, 1.54) is 12.8 Å². The van der Waals surface area contributed by atoms with Crippen LogP contribution >= 0.6 is 0 Å². The number of anilines is 2. The number of nitrogens with one attached hydrogen (secondary N) is 2. The molecule has 1 aliphatic carbocycles.